The number of halogens is 1. The van der Waals surface area contributed by atoms with Crippen LogP contribution in [0.1, 0.15) is 18.4 Å². The third-order valence-electron chi connectivity index (χ3n) is 3.08. The molecule has 1 aromatic rings. The van der Waals surface area contributed by atoms with Crippen molar-refractivity contribution in [2.75, 3.05) is 0 Å². The van der Waals surface area contributed by atoms with Gasteiger partial charge in [-0.15, -0.1) is 0 Å². The van der Waals surface area contributed by atoms with Gasteiger partial charge in [-0.05, 0) is 24.1 Å². The van der Waals surface area contributed by atoms with Gasteiger partial charge in [-0.25, -0.2) is 4.79 Å². The van der Waals surface area contributed by atoms with Gasteiger partial charge in [0.2, 0.25) is 5.91 Å². The van der Waals surface area contributed by atoms with Crippen molar-refractivity contribution in [1.82, 2.24) is 4.90 Å². The summed E-state index contributed by atoms with van der Waals surface area (Å²) >= 11 is 5.85. The highest BCUT2D eigenvalue weighted by molar-refractivity contribution is 6.35. The maximum atomic E-state index is 11.7. The van der Waals surface area contributed by atoms with Gasteiger partial charge in [-0.2, -0.15) is 0 Å². The van der Waals surface area contributed by atoms with Crippen molar-refractivity contribution in [2.45, 2.75) is 25.4 Å². The minimum Gasteiger partial charge on any atom is -0.475 e. The maximum Gasteiger partial charge on any atom is 0.374 e. The van der Waals surface area contributed by atoms with Crippen LogP contribution in [0.15, 0.2) is 24.3 Å². The molecule has 0 bridgehead atoms. The van der Waals surface area contributed by atoms with Gasteiger partial charge in [0, 0.05) is 18.0 Å². The summed E-state index contributed by atoms with van der Waals surface area (Å²) in [6.07, 6.45) is 0.453. The van der Waals surface area contributed by atoms with Crippen LogP contribution < -0.4 is 0 Å². The predicted molar refractivity (Wildman–Crippen MR) is 67.7 cm³/mol. The molecule has 0 saturated carbocycles. The average molecular weight is 282 g/mol. The number of likely N-dealkylation sites (tertiary alicyclic amines) is 1. The zero-order valence-electron chi connectivity index (χ0n) is 10.0. The Hall–Kier alpha value is -1.88. The number of carbonyl (C=O) groups excluding carboxylic acids is 2. The van der Waals surface area contributed by atoms with E-state index in [9.17, 15) is 14.4 Å². The quantitative estimate of drug-likeness (QED) is 0.849. The first-order valence-electron chi connectivity index (χ1n) is 5.80. The SMILES string of the molecule is O=C(O)C(=O)C1CCC(=O)N1Cc1cccc(Cl)c1. The van der Waals surface area contributed by atoms with Crippen LogP contribution in [0.25, 0.3) is 0 Å². The van der Waals surface area contributed by atoms with Gasteiger partial charge >= 0.3 is 5.97 Å². The molecule has 1 fully saturated rings. The fourth-order valence-corrected chi connectivity index (χ4v) is 2.39. The van der Waals surface area contributed by atoms with Crippen LogP contribution in [-0.2, 0) is 20.9 Å². The Bertz CT molecular complexity index is 543. The lowest BCUT2D eigenvalue weighted by Gasteiger charge is -2.22. The molecule has 6 heteroatoms. The molecule has 5 nitrogen and oxygen atoms in total. The smallest absolute Gasteiger partial charge is 0.374 e. The minimum absolute atomic E-state index is 0.197. The van der Waals surface area contributed by atoms with Gasteiger partial charge < -0.3 is 10.0 Å². The lowest BCUT2D eigenvalue weighted by atomic mass is 10.1. The zero-order chi connectivity index (χ0) is 14.0. The van der Waals surface area contributed by atoms with Crippen molar-refractivity contribution in [1.29, 1.82) is 0 Å². The first-order chi connectivity index (χ1) is 8.99. The van der Waals surface area contributed by atoms with E-state index < -0.39 is 17.8 Å². The molecule has 0 radical (unpaired) electrons. The number of ketones is 1. The van der Waals surface area contributed by atoms with Crippen LogP contribution in [0, 0.1) is 0 Å². The highest BCUT2D eigenvalue weighted by Crippen LogP contribution is 2.23. The standard InChI is InChI=1S/C13H12ClNO4/c14-9-3-1-2-8(6-9)7-15-10(4-5-11(15)16)12(17)13(18)19/h1-3,6,10H,4-5,7H2,(H,18,19). The Morgan fingerprint density at radius 2 is 2.16 bits per heavy atom. The van der Waals surface area contributed by atoms with Crippen molar-refractivity contribution in [3.63, 3.8) is 0 Å². The summed E-state index contributed by atoms with van der Waals surface area (Å²) in [5.74, 6) is -2.65. The van der Waals surface area contributed by atoms with Gasteiger partial charge in [-0.1, -0.05) is 23.7 Å². The lowest BCUT2D eigenvalue weighted by molar-refractivity contribution is -0.152. The summed E-state index contributed by atoms with van der Waals surface area (Å²) in [4.78, 5) is 35.3. The topological polar surface area (TPSA) is 74.7 Å². The van der Waals surface area contributed by atoms with E-state index >= 15 is 0 Å². The van der Waals surface area contributed by atoms with Crippen molar-refractivity contribution < 1.29 is 19.5 Å². The molecule has 1 heterocycles. The molecular formula is C13H12ClNO4. The third kappa shape index (κ3) is 2.93. The van der Waals surface area contributed by atoms with Crippen LogP contribution in [-0.4, -0.2) is 33.7 Å². The summed E-state index contributed by atoms with van der Waals surface area (Å²) in [6, 6.07) is 6.04. The summed E-state index contributed by atoms with van der Waals surface area (Å²) in [5.41, 5.74) is 0.769. The third-order valence-corrected chi connectivity index (χ3v) is 3.32. The molecule has 1 aromatic carbocycles. The van der Waals surface area contributed by atoms with Crippen LogP contribution in [0.2, 0.25) is 5.02 Å². The number of benzene rings is 1. The van der Waals surface area contributed by atoms with Crippen molar-refractivity contribution in [3.05, 3.63) is 34.9 Å². The Balaban J connectivity index is 2.18. The van der Waals surface area contributed by atoms with Crippen molar-refractivity contribution in [3.8, 4) is 0 Å². The largest absolute Gasteiger partial charge is 0.475 e. The molecule has 1 unspecified atom stereocenters. The normalized spacial score (nSPS) is 18.7. The first kappa shape index (κ1) is 13.5. The zero-order valence-corrected chi connectivity index (χ0v) is 10.8. The number of rotatable bonds is 4. The molecule has 1 N–H and O–H groups in total. The van der Waals surface area contributed by atoms with E-state index in [4.69, 9.17) is 16.7 Å². The molecule has 100 valence electrons. The van der Waals surface area contributed by atoms with E-state index in [1.54, 1.807) is 24.3 Å². The van der Waals surface area contributed by atoms with E-state index in [0.717, 1.165) is 5.56 Å². The summed E-state index contributed by atoms with van der Waals surface area (Å²) in [7, 11) is 0. The molecule has 1 aliphatic heterocycles. The highest BCUT2D eigenvalue weighted by Gasteiger charge is 2.38. The lowest BCUT2D eigenvalue weighted by Crippen LogP contribution is -2.41. The second-order valence-electron chi connectivity index (χ2n) is 4.38. The van der Waals surface area contributed by atoms with Gasteiger partial charge in [-0.3, -0.25) is 9.59 Å². The number of hydrogen-bond donors (Lipinski definition) is 1. The average Bonchev–Trinajstić information content (AvgIpc) is 2.70. The number of aliphatic carboxylic acids is 1. The van der Waals surface area contributed by atoms with E-state index in [1.807, 2.05) is 0 Å². The van der Waals surface area contributed by atoms with E-state index in [1.165, 1.54) is 4.90 Å². The number of carboxylic acids is 1. The van der Waals surface area contributed by atoms with Crippen LogP contribution in [0.5, 0.6) is 0 Å². The van der Waals surface area contributed by atoms with Crippen molar-refractivity contribution >= 4 is 29.3 Å². The fourth-order valence-electron chi connectivity index (χ4n) is 2.18. The Morgan fingerprint density at radius 3 is 2.79 bits per heavy atom. The second kappa shape index (κ2) is 5.40. The molecule has 0 aromatic heterocycles. The van der Waals surface area contributed by atoms with Gasteiger partial charge in [0.1, 0.15) is 6.04 Å². The highest BCUT2D eigenvalue weighted by atomic mass is 35.5. The molecule has 2 rings (SSSR count). The van der Waals surface area contributed by atoms with Crippen LogP contribution in [0.3, 0.4) is 0 Å². The van der Waals surface area contributed by atoms with Crippen molar-refractivity contribution in [2.24, 2.45) is 0 Å². The Kier molecular flexibility index (Phi) is 3.85. The Labute approximate surface area is 114 Å². The van der Waals surface area contributed by atoms with Gasteiger partial charge in [0.05, 0.1) is 0 Å². The number of hydrogen-bond acceptors (Lipinski definition) is 3. The number of nitrogens with zero attached hydrogens (tertiary/aromatic N) is 1. The number of amides is 1. The summed E-state index contributed by atoms with van der Waals surface area (Å²) < 4.78 is 0. The number of Topliss-reactive ketones (excluding diaryl/α,β-unsaturated/α-hetero) is 1. The molecule has 1 saturated heterocycles. The fraction of sp³-hybridized carbons (Fsp3) is 0.308. The number of carbonyl (C=O) groups is 3. The summed E-state index contributed by atoms with van der Waals surface area (Å²) in [5, 5.41) is 9.28. The molecule has 1 amide bonds. The van der Waals surface area contributed by atoms with E-state index in [2.05, 4.69) is 0 Å². The molecule has 1 aliphatic rings. The monoisotopic (exact) mass is 281 g/mol. The summed E-state index contributed by atoms with van der Waals surface area (Å²) in [6.45, 7) is 0.197. The van der Waals surface area contributed by atoms with Gasteiger partial charge in [0.25, 0.3) is 5.78 Å². The molecule has 1 atom stereocenters. The molecule has 0 spiro atoms. The molecule has 0 aliphatic carbocycles. The minimum atomic E-state index is -1.50. The Morgan fingerprint density at radius 1 is 1.42 bits per heavy atom. The maximum absolute atomic E-state index is 11.7. The van der Waals surface area contributed by atoms with Crippen LogP contribution in [0.4, 0.5) is 0 Å². The molecular weight excluding hydrogens is 270 g/mol. The van der Waals surface area contributed by atoms with E-state index in [-0.39, 0.29) is 25.3 Å². The number of carboxylic acid groups (broad SMARTS) is 1. The van der Waals surface area contributed by atoms with E-state index in [0.29, 0.717) is 5.02 Å². The van der Waals surface area contributed by atoms with Crippen LogP contribution >= 0.6 is 11.6 Å². The predicted octanol–water partition coefficient (Wildman–Crippen LogP) is 1.48. The van der Waals surface area contributed by atoms with Gasteiger partial charge in [0.15, 0.2) is 0 Å². The second-order valence-corrected chi connectivity index (χ2v) is 4.81. The molecule has 19 heavy (non-hydrogen) atoms. The first-order valence-corrected chi connectivity index (χ1v) is 6.18.